The number of carbonyl (C=O) groups is 1. The molecule has 1 saturated heterocycles. The van der Waals surface area contributed by atoms with E-state index in [1.165, 1.54) is 6.07 Å². The fourth-order valence-electron chi connectivity index (χ4n) is 3.11. The fraction of sp³-hybridized carbons (Fsp3) is 0.562. The Balaban J connectivity index is 0.00000176. The summed E-state index contributed by atoms with van der Waals surface area (Å²) < 4.78 is 26.2. The summed E-state index contributed by atoms with van der Waals surface area (Å²) in [6, 6.07) is 4.13. The Bertz CT molecular complexity index is 555. The van der Waals surface area contributed by atoms with Crippen molar-refractivity contribution in [3.8, 4) is 0 Å². The van der Waals surface area contributed by atoms with Crippen molar-refractivity contribution in [3.63, 3.8) is 0 Å². The summed E-state index contributed by atoms with van der Waals surface area (Å²) >= 11 is 0. The maximum absolute atomic E-state index is 13.2. The third-order valence-electron chi connectivity index (χ3n) is 4.61. The van der Waals surface area contributed by atoms with Crippen molar-refractivity contribution in [1.82, 2.24) is 10.6 Å². The molecule has 1 aromatic rings. The van der Waals surface area contributed by atoms with Gasteiger partial charge in [-0.3, -0.25) is 4.79 Å². The molecule has 4 unspecified atom stereocenters. The Hall–Kier alpha value is -1.20. The fourth-order valence-corrected chi connectivity index (χ4v) is 3.11. The molecule has 1 aliphatic carbocycles. The number of hydrogen-bond donors (Lipinski definition) is 2. The van der Waals surface area contributed by atoms with Gasteiger partial charge < -0.3 is 10.6 Å². The molecule has 122 valence electrons. The second-order valence-corrected chi connectivity index (χ2v) is 6.21. The highest BCUT2D eigenvalue weighted by Crippen LogP contribution is 2.47. The van der Waals surface area contributed by atoms with Crippen LogP contribution in [0.4, 0.5) is 8.78 Å². The molecule has 0 aromatic heterocycles. The normalized spacial score (nSPS) is 30.3. The van der Waals surface area contributed by atoms with Crippen molar-refractivity contribution in [1.29, 1.82) is 0 Å². The quantitative estimate of drug-likeness (QED) is 0.894. The molecular weight excluding hydrogens is 310 g/mol. The lowest BCUT2D eigenvalue weighted by molar-refractivity contribution is -0.123. The molecule has 2 aliphatic rings. The Morgan fingerprint density at radius 2 is 2.09 bits per heavy atom. The lowest BCUT2D eigenvalue weighted by Crippen LogP contribution is -2.48. The van der Waals surface area contributed by atoms with Crippen LogP contribution in [-0.4, -0.2) is 25.0 Å². The highest BCUT2D eigenvalue weighted by atomic mass is 35.5. The Morgan fingerprint density at radius 1 is 1.32 bits per heavy atom. The number of amides is 1. The van der Waals surface area contributed by atoms with E-state index in [0.29, 0.717) is 11.5 Å². The molecule has 3 rings (SSSR count). The third kappa shape index (κ3) is 3.58. The molecule has 22 heavy (non-hydrogen) atoms. The van der Waals surface area contributed by atoms with Crippen molar-refractivity contribution in [2.45, 2.75) is 31.7 Å². The van der Waals surface area contributed by atoms with Crippen molar-refractivity contribution in [2.24, 2.45) is 11.8 Å². The van der Waals surface area contributed by atoms with Gasteiger partial charge in [0.2, 0.25) is 5.91 Å². The number of carbonyl (C=O) groups excluding carboxylic acids is 1. The maximum Gasteiger partial charge on any atom is 0.223 e. The van der Waals surface area contributed by atoms with Gasteiger partial charge in [-0.1, -0.05) is 13.0 Å². The molecule has 1 saturated carbocycles. The van der Waals surface area contributed by atoms with Gasteiger partial charge >= 0.3 is 0 Å². The number of nitrogens with one attached hydrogen (secondary N) is 2. The lowest BCUT2D eigenvalue weighted by atomic mass is 9.95. The van der Waals surface area contributed by atoms with Gasteiger partial charge in [0.15, 0.2) is 11.6 Å². The minimum Gasteiger partial charge on any atom is -0.353 e. The summed E-state index contributed by atoms with van der Waals surface area (Å²) in [7, 11) is 0. The van der Waals surface area contributed by atoms with E-state index in [1.54, 1.807) is 6.07 Å². The van der Waals surface area contributed by atoms with E-state index in [4.69, 9.17) is 0 Å². The van der Waals surface area contributed by atoms with E-state index in [-0.39, 0.29) is 36.2 Å². The van der Waals surface area contributed by atoms with Gasteiger partial charge in [-0.05, 0) is 55.5 Å². The van der Waals surface area contributed by atoms with Crippen molar-refractivity contribution in [2.75, 3.05) is 13.1 Å². The van der Waals surface area contributed by atoms with Gasteiger partial charge in [0, 0.05) is 12.0 Å². The van der Waals surface area contributed by atoms with Gasteiger partial charge in [-0.25, -0.2) is 8.78 Å². The van der Waals surface area contributed by atoms with Gasteiger partial charge in [0.25, 0.3) is 0 Å². The van der Waals surface area contributed by atoms with E-state index < -0.39 is 11.6 Å². The SMILES string of the molecule is CC1CNCCC1NC(=O)C1CC1c1ccc(F)c(F)c1.Cl. The molecule has 1 aromatic carbocycles. The molecule has 0 radical (unpaired) electrons. The topological polar surface area (TPSA) is 41.1 Å². The van der Waals surface area contributed by atoms with E-state index in [2.05, 4.69) is 17.6 Å². The van der Waals surface area contributed by atoms with Crippen molar-refractivity contribution in [3.05, 3.63) is 35.4 Å². The van der Waals surface area contributed by atoms with Gasteiger partial charge in [-0.15, -0.1) is 12.4 Å². The highest BCUT2D eigenvalue weighted by Gasteiger charge is 2.45. The van der Waals surface area contributed by atoms with Crippen LogP contribution < -0.4 is 10.6 Å². The van der Waals surface area contributed by atoms with Crippen molar-refractivity contribution < 1.29 is 13.6 Å². The molecule has 1 heterocycles. The highest BCUT2D eigenvalue weighted by molar-refractivity contribution is 5.85. The molecule has 0 bridgehead atoms. The van der Waals surface area contributed by atoms with Gasteiger partial charge in [0.1, 0.15) is 0 Å². The smallest absolute Gasteiger partial charge is 0.223 e. The average molecular weight is 331 g/mol. The van der Waals surface area contributed by atoms with Crippen LogP contribution in [0.3, 0.4) is 0 Å². The Labute approximate surface area is 135 Å². The lowest BCUT2D eigenvalue weighted by Gasteiger charge is -2.30. The molecule has 3 nitrogen and oxygen atoms in total. The zero-order valence-corrected chi connectivity index (χ0v) is 13.3. The number of piperidine rings is 1. The van der Waals surface area contributed by atoms with E-state index in [1.807, 2.05) is 0 Å². The van der Waals surface area contributed by atoms with Crippen LogP contribution in [0.5, 0.6) is 0 Å². The van der Waals surface area contributed by atoms with E-state index in [0.717, 1.165) is 32.0 Å². The van der Waals surface area contributed by atoms with E-state index >= 15 is 0 Å². The zero-order chi connectivity index (χ0) is 15.0. The first-order valence-corrected chi connectivity index (χ1v) is 7.52. The summed E-state index contributed by atoms with van der Waals surface area (Å²) in [6.07, 6.45) is 1.66. The molecule has 0 spiro atoms. The first-order valence-electron chi connectivity index (χ1n) is 7.52. The Morgan fingerprint density at radius 3 is 2.77 bits per heavy atom. The predicted molar refractivity (Wildman–Crippen MR) is 83.0 cm³/mol. The monoisotopic (exact) mass is 330 g/mol. The standard InChI is InChI=1S/C16H20F2N2O.ClH/c1-9-8-19-5-4-15(9)20-16(21)12-7-11(12)10-2-3-13(17)14(18)6-10;/h2-3,6,9,11-12,15,19H,4-5,7-8H2,1H3,(H,20,21);1H. The summed E-state index contributed by atoms with van der Waals surface area (Å²) in [4.78, 5) is 12.3. The summed E-state index contributed by atoms with van der Waals surface area (Å²) in [5.74, 6) is -1.30. The second kappa shape index (κ2) is 6.92. The first kappa shape index (κ1) is 17.2. The molecule has 2 N–H and O–H groups in total. The van der Waals surface area contributed by atoms with Gasteiger partial charge in [-0.2, -0.15) is 0 Å². The second-order valence-electron chi connectivity index (χ2n) is 6.21. The summed E-state index contributed by atoms with van der Waals surface area (Å²) in [5.41, 5.74) is 0.715. The molecule has 1 amide bonds. The van der Waals surface area contributed by atoms with Crippen LogP contribution in [0.2, 0.25) is 0 Å². The zero-order valence-electron chi connectivity index (χ0n) is 12.4. The predicted octanol–water partition coefficient (Wildman–Crippen LogP) is 2.60. The third-order valence-corrected chi connectivity index (χ3v) is 4.61. The molecule has 2 fully saturated rings. The van der Waals surface area contributed by atoms with Crippen LogP contribution >= 0.6 is 12.4 Å². The number of hydrogen-bond acceptors (Lipinski definition) is 2. The van der Waals surface area contributed by atoms with E-state index in [9.17, 15) is 13.6 Å². The molecule has 6 heteroatoms. The average Bonchev–Trinajstić information content (AvgIpc) is 3.25. The van der Waals surface area contributed by atoms with Gasteiger partial charge in [0.05, 0.1) is 0 Å². The Kier molecular flexibility index (Phi) is 5.40. The minimum absolute atomic E-state index is 0. The molecule has 1 aliphatic heterocycles. The molecular formula is C16H21ClF2N2O. The van der Waals surface area contributed by atoms with Crippen LogP contribution in [0.25, 0.3) is 0 Å². The number of benzene rings is 1. The molecule has 4 atom stereocenters. The minimum atomic E-state index is -0.844. The first-order chi connectivity index (χ1) is 10.1. The largest absolute Gasteiger partial charge is 0.353 e. The van der Waals surface area contributed by atoms with Crippen LogP contribution in [0.15, 0.2) is 18.2 Å². The summed E-state index contributed by atoms with van der Waals surface area (Å²) in [5, 5.41) is 6.41. The number of rotatable bonds is 3. The van der Waals surface area contributed by atoms with Crippen LogP contribution in [0.1, 0.15) is 31.2 Å². The number of halogens is 3. The van der Waals surface area contributed by atoms with Crippen LogP contribution in [-0.2, 0) is 4.79 Å². The van der Waals surface area contributed by atoms with Crippen molar-refractivity contribution >= 4 is 18.3 Å². The maximum atomic E-state index is 13.2. The summed E-state index contributed by atoms with van der Waals surface area (Å²) in [6.45, 7) is 3.96. The van der Waals surface area contributed by atoms with Crippen LogP contribution in [0, 0.1) is 23.5 Å².